The van der Waals surface area contributed by atoms with Gasteiger partial charge in [0.05, 0.1) is 5.52 Å². The number of benzene rings is 1. The first-order valence-corrected chi connectivity index (χ1v) is 5.34. The second kappa shape index (κ2) is 5.14. The van der Waals surface area contributed by atoms with Crippen molar-refractivity contribution in [1.29, 1.82) is 0 Å². The lowest BCUT2D eigenvalue weighted by molar-refractivity contribution is 1.22. The van der Waals surface area contributed by atoms with E-state index < -0.39 is 0 Å². The predicted molar refractivity (Wildman–Crippen MR) is 69.5 cm³/mol. The molecule has 1 aromatic heterocycles. The van der Waals surface area contributed by atoms with Crippen LogP contribution in [-0.2, 0) is 0 Å². The van der Waals surface area contributed by atoms with Crippen LogP contribution in [0.4, 0.5) is 0 Å². The molecule has 0 saturated carbocycles. The first-order chi connectivity index (χ1) is 8.29. The van der Waals surface area contributed by atoms with Gasteiger partial charge in [-0.25, -0.2) is 0 Å². The zero-order valence-corrected chi connectivity index (χ0v) is 9.54. The molecule has 0 N–H and O–H groups in total. The van der Waals surface area contributed by atoms with Crippen molar-refractivity contribution in [3.63, 3.8) is 0 Å². The van der Waals surface area contributed by atoms with E-state index in [1.165, 1.54) is 0 Å². The number of azide groups is 1. The molecule has 17 heavy (non-hydrogen) atoms. The summed E-state index contributed by atoms with van der Waals surface area (Å²) < 4.78 is 0. The van der Waals surface area contributed by atoms with Gasteiger partial charge in [-0.2, -0.15) is 0 Å². The Bertz CT molecular complexity index is 610. The topological polar surface area (TPSA) is 61.7 Å². The van der Waals surface area contributed by atoms with E-state index in [1.807, 2.05) is 37.3 Å². The third kappa shape index (κ3) is 2.83. The van der Waals surface area contributed by atoms with Crippen LogP contribution in [-0.4, -0.2) is 11.5 Å². The maximum atomic E-state index is 8.15. The van der Waals surface area contributed by atoms with Crippen molar-refractivity contribution in [3.05, 3.63) is 58.1 Å². The highest BCUT2D eigenvalue weighted by Crippen LogP contribution is 2.15. The van der Waals surface area contributed by atoms with E-state index in [0.717, 1.165) is 22.2 Å². The van der Waals surface area contributed by atoms with Crippen molar-refractivity contribution in [2.24, 2.45) is 5.11 Å². The summed E-state index contributed by atoms with van der Waals surface area (Å²) in [6.07, 6.45) is 3.77. The van der Waals surface area contributed by atoms with Crippen molar-refractivity contribution in [3.8, 4) is 0 Å². The quantitative estimate of drug-likeness (QED) is 0.443. The third-order valence-electron chi connectivity index (χ3n) is 2.41. The molecule has 1 heterocycles. The average Bonchev–Trinajstić information content (AvgIpc) is 2.35. The molecule has 0 fully saturated rings. The minimum Gasteiger partial charge on any atom is -0.253 e. The Morgan fingerprint density at radius 3 is 3.06 bits per heavy atom. The number of aromatic nitrogens is 1. The van der Waals surface area contributed by atoms with Gasteiger partial charge in [0.1, 0.15) is 0 Å². The number of pyridine rings is 1. The number of rotatable bonds is 3. The minimum absolute atomic E-state index is 0.376. The van der Waals surface area contributed by atoms with E-state index in [4.69, 9.17) is 5.53 Å². The molecule has 0 aliphatic heterocycles. The minimum atomic E-state index is 0.376. The molecule has 84 valence electrons. The summed E-state index contributed by atoms with van der Waals surface area (Å²) in [6.45, 7) is 2.35. The Kier molecular flexibility index (Phi) is 3.38. The molecule has 0 atom stereocenters. The van der Waals surface area contributed by atoms with Crippen LogP contribution >= 0.6 is 0 Å². The molecule has 0 aliphatic carbocycles. The molecule has 0 bridgehead atoms. The number of fused-ring (bicyclic) bond motifs is 1. The third-order valence-corrected chi connectivity index (χ3v) is 2.41. The smallest absolute Gasteiger partial charge is 0.0705 e. The van der Waals surface area contributed by atoms with Gasteiger partial charge in [0.2, 0.25) is 0 Å². The summed E-state index contributed by atoms with van der Waals surface area (Å²) >= 11 is 0. The summed E-state index contributed by atoms with van der Waals surface area (Å²) in [4.78, 5) is 7.13. The highest BCUT2D eigenvalue weighted by molar-refractivity contribution is 5.81. The van der Waals surface area contributed by atoms with Crippen LogP contribution in [0.2, 0.25) is 0 Å². The van der Waals surface area contributed by atoms with Crippen LogP contribution in [0.3, 0.4) is 0 Å². The molecule has 4 nitrogen and oxygen atoms in total. The van der Waals surface area contributed by atoms with Gasteiger partial charge in [-0.3, -0.25) is 4.98 Å². The Hall–Kier alpha value is -2.32. The van der Waals surface area contributed by atoms with Crippen LogP contribution in [0.25, 0.3) is 27.4 Å². The summed E-state index contributed by atoms with van der Waals surface area (Å²) in [5.74, 6) is 0. The molecular formula is C13H12N4. The Morgan fingerprint density at radius 2 is 2.24 bits per heavy atom. The normalized spacial score (nSPS) is 10.6. The van der Waals surface area contributed by atoms with Gasteiger partial charge in [-0.15, -0.1) is 0 Å². The Balaban J connectivity index is 2.28. The van der Waals surface area contributed by atoms with E-state index in [-0.39, 0.29) is 0 Å². The number of nitrogens with zero attached hydrogens (tertiary/aromatic N) is 4. The first kappa shape index (κ1) is 11.2. The maximum absolute atomic E-state index is 8.15. The van der Waals surface area contributed by atoms with Crippen LogP contribution < -0.4 is 0 Å². The molecule has 0 radical (unpaired) electrons. The highest BCUT2D eigenvalue weighted by atomic mass is 15.1. The first-order valence-electron chi connectivity index (χ1n) is 5.34. The van der Waals surface area contributed by atoms with Crippen molar-refractivity contribution < 1.29 is 0 Å². The number of hydrogen-bond acceptors (Lipinski definition) is 2. The van der Waals surface area contributed by atoms with Crippen molar-refractivity contribution in [1.82, 2.24) is 4.98 Å². The summed E-state index contributed by atoms with van der Waals surface area (Å²) in [7, 11) is 0. The van der Waals surface area contributed by atoms with Crippen molar-refractivity contribution in [2.75, 3.05) is 6.54 Å². The van der Waals surface area contributed by atoms with Crippen LogP contribution in [0.15, 0.2) is 41.5 Å². The Morgan fingerprint density at radius 1 is 1.35 bits per heavy atom. The SMILES string of the molecule is Cc1ccc2cc(C=CCN=[N+]=[N-])ccc2n1. The molecule has 0 spiro atoms. The fourth-order valence-corrected chi connectivity index (χ4v) is 1.62. The average molecular weight is 224 g/mol. The predicted octanol–water partition coefficient (Wildman–Crippen LogP) is 3.87. The molecule has 1 aromatic carbocycles. The zero-order chi connectivity index (χ0) is 12.1. The summed E-state index contributed by atoms with van der Waals surface area (Å²) in [5, 5.41) is 4.55. The number of hydrogen-bond donors (Lipinski definition) is 0. The van der Waals surface area contributed by atoms with Crippen LogP contribution in [0.5, 0.6) is 0 Å². The van der Waals surface area contributed by atoms with E-state index in [1.54, 1.807) is 0 Å². The van der Waals surface area contributed by atoms with Crippen molar-refractivity contribution in [2.45, 2.75) is 6.92 Å². The van der Waals surface area contributed by atoms with Crippen molar-refractivity contribution >= 4 is 17.0 Å². The van der Waals surface area contributed by atoms with E-state index in [9.17, 15) is 0 Å². The van der Waals surface area contributed by atoms with E-state index >= 15 is 0 Å². The molecule has 2 rings (SSSR count). The second-order valence-electron chi connectivity index (χ2n) is 3.72. The lowest BCUT2D eigenvalue weighted by atomic mass is 10.1. The fourth-order valence-electron chi connectivity index (χ4n) is 1.62. The molecule has 2 aromatic rings. The maximum Gasteiger partial charge on any atom is 0.0705 e. The van der Waals surface area contributed by atoms with Gasteiger partial charge >= 0.3 is 0 Å². The summed E-state index contributed by atoms with van der Waals surface area (Å²) in [5.41, 5.74) is 11.2. The van der Waals surface area contributed by atoms with Crippen LogP contribution in [0.1, 0.15) is 11.3 Å². The molecule has 4 heteroatoms. The van der Waals surface area contributed by atoms with Gasteiger partial charge in [-0.1, -0.05) is 29.4 Å². The zero-order valence-electron chi connectivity index (χ0n) is 9.54. The molecule has 0 unspecified atom stereocenters. The van der Waals surface area contributed by atoms with Gasteiger partial charge in [-0.05, 0) is 36.2 Å². The van der Waals surface area contributed by atoms with Gasteiger partial charge in [0.15, 0.2) is 0 Å². The lowest BCUT2D eigenvalue weighted by Gasteiger charge is -2.00. The largest absolute Gasteiger partial charge is 0.253 e. The molecule has 0 saturated heterocycles. The standard InChI is InChI=1S/C13H12N4/c1-10-4-6-12-9-11(3-2-8-15-17-14)5-7-13(12)16-10/h2-7,9H,8H2,1H3. The van der Waals surface area contributed by atoms with E-state index in [2.05, 4.69) is 27.1 Å². The monoisotopic (exact) mass is 224 g/mol. The Labute approximate surface area is 99.2 Å². The van der Waals surface area contributed by atoms with Gasteiger partial charge in [0.25, 0.3) is 0 Å². The lowest BCUT2D eigenvalue weighted by Crippen LogP contribution is -1.83. The highest BCUT2D eigenvalue weighted by Gasteiger charge is 1.95. The molecular weight excluding hydrogens is 212 g/mol. The fraction of sp³-hybridized carbons (Fsp3) is 0.154. The van der Waals surface area contributed by atoms with Gasteiger partial charge in [0, 0.05) is 22.5 Å². The molecule has 0 amide bonds. The van der Waals surface area contributed by atoms with Crippen LogP contribution in [0, 0.1) is 6.92 Å². The summed E-state index contributed by atoms with van der Waals surface area (Å²) in [6, 6.07) is 10.1. The number of aryl methyl sites for hydroxylation is 1. The molecule has 0 aliphatic rings. The van der Waals surface area contributed by atoms with Gasteiger partial charge < -0.3 is 0 Å². The second-order valence-corrected chi connectivity index (χ2v) is 3.72. The van der Waals surface area contributed by atoms with E-state index in [0.29, 0.717) is 6.54 Å².